The second kappa shape index (κ2) is 11.7. The molecule has 1 fully saturated rings. The first-order valence-corrected chi connectivity index (χ1v) is 10.5. The minimum atomic E-state index is -1.13. The van der Waals surface area contributed by atoms with E-state index in [1.807, 2.05) is 0 Å². The average Bonchev–Trinajstić information content (AvgIpc) is 2.86. The summed E-state index contributed by atoms with van der Waals surface area (Å²) < 4.78 is 15.3. The SMILES string of the molecule is CCOC(=O)N(OC(=O)C1COCCO1)c1cc(NCC(=O)c2ccccc2)c([N+](=O)[O-])c(N)n1. The molecule has 1 amide bonds. The van der Waals surface area contributed by atoms with E-state index in [1.54, 1.807) is 30.3 Å². The third kappa shape index (κ3) is 6.39. The Morgan fingerprint density at radius 3 is 2.66 bits per heavy atom. The molecule has 1 unspecified atom stereocenters. The fourth-order valence-corrected chi connectivity index (χ4v) is 3.01. The molecule has 35 heavy (non-hydrogen) atoms. The zero-order chi connectivity index (χ0) is 25.4. The molecular weight excluding hydrogens is 466 g/mol. The van der Waals surface area contributed by atoms with Crippen LogP contribution in [0.1, 0.15) is 17.3 Å². The lowest BCUT2D eigenvalue weighted by molar-refractivity contribution is -0.383. The summed E-state index contributed by atoms with van der Waals surface area (Å²) >= 11 is 0. The first-order valence-electron chi connectivity index (χ1n) is 10.5. The Morgan fingerprint density at radius 2 is 2.03 bits per heavy atom. The number of carbonyl (C=O) groups excluding carboxylic acids is 3. The number of nitrogens with one attached hydrogen (secondary N) is 1. The van der Waals surface area contributed by atoms with E-state index in [9.17, 15) is 24.5 Å². The van der Waals surface area contributed by atoms with Gasteiger partial charge in [-0.3, -0.25) is 14.9 Å². The number of Topliss-reactive ketones (excluding diaryl/α,β-unsaturated/α-hetero) is 1. The normalized spacial score (nSPS) is 15.1. The molecule has 1 aromatic carbocycles. The highest BCUT2D eigenvalue weighted by Gasteiger charge is 2.33. The maximum absolute atomic E-state index is 12.5. The fourth-order valence-electron chi connectivity index (χ4n) is 3.01. The van der Waals surface area contributed by atoms with E-state index in [0.717, 1.165) is 6.07 Å². The summed E-state index contributed by atoms with van der Waals surface area (Å²) in [6.45, 7) is 1.46. The number of hydrogen-bond acceptors (Lipinski definition) is 12. The number of benzene rings is 1. The highest BCUT2D eigenvalue weighted by molar-refractivity contribution is 5.99. The topological polar surface area (TPSA) is 185 Å². The standard InChI is InChI=1S/C21H23N5O9/c1-2-33-21(29)25(35-20(28)16-12-32-8-9-34-16)17-10-14(18(26(30)31)19(22)24-17)23-11-15(27)13-6-4-3-5-7-13/h3-7,10,16H,2,8-9,11-12H2,1H3,(H3,22,23,24). The molecule has 14 heteroatoms. The number of anilines is 3. The lowest BCUT2D eigenvalue weighted by Gasteiger charge is -2.25. The number of nitrogen functional groups attached to an aromatic ring is 1. The number of carbonyl (C=O) groups is 3. The second-order valence-corrected chi connectivity index (χ2v) is 7.00. The number of hydroxylamine groups is 1. The number of nitrogens with two attached hydrogens (primary N) is 1. The van der Waals surface area contributed by atoms with Crippen molar-refractivity contribution in [3.05, 3.63) is 52.1 Å². The highest BCUT2D eigenvalue weighted by atomic mass is 16.8. The molecule has 0 saturated carbocycles. The number of nitrogens with zero attached hydrogens (tertiary/aromatic N) is 3. The van der Waals surface area contributed by atoms with Gasteiger partial charge in [-0.2, -0.15) is 0 Å². The van der Waals surface area contributed by atoms with Gasteiger partial charge in [0.25, 0.3) is 0 Å². The molecule has 0 aliphatic carbocycles. The number of ether oxygens (including phenoxy) is 3. The Balaban J connectivity index is 1.91. The minimum Gasteiger partial charge on any atom is -0.447 e. The molecule has 1 saturated heterocycles. The van der Waals surface area contributed by atoms with Crippen molar-refractivity contribution in [2.24, 2.45) is 0 Å². The van der Waals surface area contributed by atoms with E-state index >= 15 is 0 Å². The van der Waals surface area contributed by atoms with Gasteiger partial charge < -0.3 is 30.1 Å². The van der Waals surface area contributed by atoms with Gasteiger partial charge in [0.05, 0.1) is 37.9 Å². The lowest BCUT2D eigenvalue weighted by Crippen LogP contribution is -2.43. The molecule has 3 N–H and O–H groups in total. The maximum Gasteiger partial charge on any atom is 0.449 e. The summed E-state index contributed by atoms with van der Waals surface area (Å²) in [6, 6.07) is 9.29. The van der Waals surface area contributed by atoms with Crippen LogP contribution < -0.4 is 16.1 Å². The first-order chi connectivity index (χ1) is 16.8. The van der Waals surface area contributed by atoms with Gasteiger partial charge in [-0.25, -0.2) is 14.6 Å². The van der Waals surface area contributed by atoms with Crippen LogP contribution in [0.4, 0.5) is 27.8 Å². The van der Waals surface area contributed by atoms with Gasteiger partial charge in [0, 0.05) is 11.6 Å². The number of hydrogen-bond donors (Lipinski definition) is 2. The number of ketones is 1. The summed E-state index contributed by atoms with van der Waals surface area (Å²) in [6.07, 6.45) is -2.25. The van der Waals surface area contributed by atoms with Gasteiger partial charge in [0.2, 0.25) is 5.82 Å². The average molecular weight is 489 g/mol. The van der Waals surface area contributed by atoms with E-state index in [-0.39, 0.29) is 37.8 Å². The Morgan fingerprint density at radius 1 is 1.29 bits per heavy atom. The molecule has 3 rings (SSSR count). The third-order valence-electron chi connectivity index (χ3n) is 4.63. The van der Waals surface area contributed by atoms with Crippen LogP contribution in [-0.2, 0) is 23.8 Å². The smallest absolute Gasteiger partial charge is 0.447 e. The quantitative estimate of drug-likeness (QED) is 0.311. The van der Waals surface area contributed by atoms with Crippen molar-refractivity contribution >= 4 is 40.9 Å². The molecule has 1 aliphatic rings. The molecule has 1 atom stereocenters. The van der Waals surface area contributed by atoms with Crippen molar-refractivity contribution in [1.29, 1.82) is 0 Å². The molecule has 1 aliphatic heterocycles. The highest BCUT2D eigenvalue weighted by Crippen LogP contribution is 2.33. The molecule has 1 aromatic heterocycles. The largest absolute Gasteiger partial charge is 0.449 e. The zero-order valence-corrected chi connectivity index (χ0v) is 18.7. The van der Waals surface area contributed by atoms with Gasteiger partial charge in [-0.1, -0.05) is 35.4 Å². The molecule has 2 aromatic rings. The van der Waals surface area contributed by atoms with Crippen LogP contribution in [0.3, 0.4) is 0 Å². The van der Waals surface area contributed by atoms with Crippen molar-refractivity contribution in [3.63, 3.8) is 0 Å². The third-order valence-corrected chi connectivity index (χ3v) is 4.63. The molecule has 0 bridgehead atoms. The van der Waals surface area contributed by atoms with Crippen molar-refractivity contribution in [3.8, 4) is 0 Å². The summed E-state index contributed by atoms with van der Waals surface area (Å²) in [5.41, 5.74) is 5.30. The van der Waals surface area contributed by atoms with Gasteiger partial charge in [0.15, 0.2) is 17.7 Å². The van der Waals surface area contributed by atoms with E-state index in [2.05, 4.69) is 10.3 Å². The predicted molar refractivity (Wildman–Crippen MR) is 121 cm³/mol. The minimum absolute atomic E-state index is 0.0743. The van der Waals surface area contributed by atoms with Crippen molar-refractivity contribution < 1.29 is 38.4 Å². The van der Waals surface area contributed by atoms with Crippen LogP contribution in [0.25, 0.3) is 0 Å². The van der Waals surface area contributed by atoms with Crippen LogP contribution in [0.5, 0.6) is 0 Å². The van der Waals surface area contributed by atoms with Crippen LogP contribution in [0.15, 0.2) is 36.4 Å². The van der Waals surface area contributed by atoms with Gasteiger partial charge >= 0.3 is 17.7 Å². The molecule has 2 heterocycles. The molecule has 0 spiro atoms. The van der Waals surface area contributed by atoms with Crippen LogP contribution in [0, 0.1) is 10.1 Å². The number of aromatic nitrogens is 1. The Labute approximate surface area is 199 Å². The van der Waals surface area contributed by atoms with Gasteiger partial charge in [-0.15, -0.1) is 0 Å². The summed E-state index contributed by atoms with van der Waals surface area (Å²) in [4.78, 5) is 57.2. The monoisotopic (exact) mass is 489 g/mol. The van der Waals surface area contributed by atoms with Gasteiger partial charge in [-0.05, 0) is 6.92 Å². The lowest BCUT2D eigenvalue weighted by atomic mass is 10.1. The molecule has 0 radical (unpaired) electrons. The fraction of sp³-hybridized carbons (Fsp3) is 0.333. The Hall–Kier alpha value is -4.30. The molecule has 186 valence electrons. The van der Waals surface area contributed by atoms with E-state index in [1.165, 1.54) is 6.92 Å². The van der Waals surface area contributed by atoms with E-state index in [4.69, 9.17) is 24.8 Å². The van der Waals surface area contributed by atoms with Crippen LogP contribution in [-0.4, -0.2) is 66.8 Å². The molecule has 14 nitrogen and oxygen atoms in total. The number of pyridine rings is 1. The predicted octanol–water partition coefficient (Wildman–Crippen LogP) is 1.70. The maximum atomic E-state index is 12.5. The summed E-state index contributed by atoms with van der Waals surface area (Å²) in [5.74, 6) is -2.33. The Kier molecular flexibility index (Phi) is 8.48. The number of amides is 1. The van der Waals surface area contributed by atoms with Crippen molar-refractivity contribution in [2.75, 3.05) is 49.1 Å². The molecular formula is C21H23N5O9. The summed E-state index contributed by atoms with van der Waals surface area (Å²) in [7, 11) is 0. The number of rotatable bonds is 8. The van der Waals surface area contributed by atoms with Crippen LogP contribution >= 0.6 is 0 Å². The van der Waals surface area contributed by atoms with Crippen molar-refractivity contribution in [2.45, 2.75) is 13.0 Å². The zero-order valence-electron chi connectivity index (χ0n) is 18.7. The van der Waals surface area contributed by atoms with E-state index in [0.29, 0.717) is 17.2 Å². The second-order valence-electron chi connectivity index (χ2n) is 7.00. The van der Waals surface area contributed by atoms with Crippen LogP contribution in [0.2, 0.25) is 0 Å². The van der Waals surface area contributed by atoms with Crippen molar-refractivity contribution in [1.82, 2.24) is 4.98 Å². The van der Waals surface area contributed by atoms with Gasteiger partial charge in [0.1, 0.15) is 5.69 Å². The van der Waals surface area contributed by atoms with E-state index < -0.39 is 40.4 Å². The Bertz CT molecular complexity index is 1090. The number of nitro groups is 1. The summed E-state index contributed by atoms with van der Waals surface area (Å²) in [5, 5.41) is 14.6. The first kappa shape index (κ1) is 25.3.